The molecule has 3 rings (SSSR count). The Labute approximate surface area is 142 Å². The fraction of sp³-hybridized carbons (Fsp3) is 0.353. The molecule has 0 aliphatic heterocycles. The Balaban J connectivity index is 1.93. The van der Waals surface area contributed by atoms with E-state index in [1.54, 1.807) is 12.4 Å². The SMILES string of the molecule is C[Si](C)(C)CCOCn1c(-c2ccncc2)cc2c(N)ncnc21. The summed E-state index contributed by atoms with van der Waals surface area (Å²) in [5, 5.41) is 0.845. The lowest BCUT2D eigenvalue weighted by Crippen LogP contribution is -2.22. The molecule has 0 saturated heterocycles. The van der Waals surface area contributed by atoms with Crippen LogP contribution in [0, 0.1) is 0 Å². The third kappa shape index (κ3) is 3.63. The Morgan fingerprint density at radius 2 is 1.92 bits per heavy atom. The maximum absolute atomic E-state index is 6.02. The lowest BCUT2D eigenvalue weighted by atomic mass is 10.2. The summed E-state index contributed by atoms with van der Waals surface area (Å²) in [6.45, 7) is 8.24. The molecule has 0 spiro atoms. The predicted molar refractivity (Wildman–Crippen MR) is 99.3 cm³/mol. The summed E-state index contributed by atoms with van der Waals surface area (Å²) in [6.07, 6.45) is 5.05. The zero-order valence-electron chi connectivity index (χ0n) is 14.4. The quantitative estimate of drug-likeness (QED) is 0.549. The number of nitrogen functional groups attached to an aromatic ring is 1. The molecule has 0 fully saturated rings. The second-order valence-corrected chi connectivity index (χ2v) is 12.7. The van der Waals surface area contributed by atoms with Crippen LogP contribution in [0.1, 0.15) is 0 Å². The monoisotopic (exact) mass is 341 g/mol. The number of rotatable bonds is 6. The number of hydrogen-bond acceptors (Lipinski definition) is 5. The van der Waals surface area contributed by atoms with Gasteiger partial charge < -0.3 is 15.0 Å². The molecule has 3 aromatic heterocycles. The van der Waals surface area contributed by atoms with Crippen molar-refractivity contribution in [1.82, 2.24) is 19.5 Å². The summed E-state index contributed by atoms with van der Waals surface area (Å²) in [4.78, 5) is 12.6. The molecule has 7 heteroatoms. The van der Waals surface area contributed by atoms with Crippen LogP contribution in [-0.2, 0) is 11.5 Å². The molecule has 0 atom stereocenters. The first-order chi connectivity index (χ1) is 11.5. The summed E-state index contributed by atoms with van der Waals surface area (Å²) >= 11 is 0. The molecule has 0 saturated carbocycles. The van der Waals surface area contributed by atoms with Crippen LogP contribution in [0.5, 0.6) is 0 Å². The van der Waals surface area contributed by atoms with Crippen LogP contribution in [0.2, 0.25) is 25.7 Å². The minimum atomic E-state index is -1.11. The predicted octanol–water partition coefficient (Wildman–Crippen LogP) is 3.39. The number of hydrogen-bond donors (Lipinski definition) is 1. The van der Waals surface area contributed by atoms with Gasteiger partial charge in [-0.05, 0) is 24.2 Å². The molecule has 0 amide bonds. The van der Waals surface area contributed by atoms with E-state index in [1.807, 2.05) is 22.8 Å². The van der Waals surface area contributed by atoms with E-state index in [1.165, 1.54) is 6.33 Å². The summed E-state index contributed by atoms with van der Waals surface area (Å²) in [5.41, 5.74) is 8.87. The van der Waals surface area contributed by atoms with E-state index in [0.717, 1.165) is 34.9 Å². The molecule has 24 heavy (non-hydrogen) atoms. The molecule has 126 valence electrons. The van der Waals surface area contributed by atoms with Crippen LogP contribution in [-0.4, -0.2) is 34.2 Å². The number of fused-ring (bicyclic) bond motifs is 1. The van der Waals surface area contributed by atoms with Gasteiger partial charge in [-0.2, -0.15) is 0 Å². The second kappa shape index (κ2) is 6.70. The van der Waals surface area contributed by atoms with E-state index in [-0.39, 0.29) is 0 Å². The van der Waals surface area contributed by atoms with Crippen molar-refractivity contribution >= 4 is 24.9 Å². The van der Waals surface area contributed by atoms with Crippen LogP contribution >= 0.6 is 0 Å². The van der Waals surface area contributed by atoms with Gasteiger partial charge in [0.2, 0.25) is 0 Å². The Kier molecular flexibility index (Phi) is 4.63. The Morgan fingerprint density at radius 3 is 2.62 bits per heavy atom. The summed E-state index contributed by atoms with van der Waals surface area (Å²) in [7, 11) is -1.11. The highest BCUT2D eigenvalue weighted by Crippen LogP contribution is 2.29. The van der Waals surface area contributed by atoms with Gasteiger partial charge in [0.25, 0.3) is 0 Å². The minimum absolute atomic E-state index is 0.447. The van der Waals surface area contributed by atoms with E-state index >= 15 is 0 Å². The van der Waals surface area contributed by atoms with Crippen LogP contribution in [0.3, 0.4) is 0 Å². The van der Waals surface area contributed by atoms with Crippen molar-refractivity contribution < 1.29 is 4.74 Å². The van der Waals surface area contributed by atoms with Crippen LogP contribution in [0.4, 0.5) is 5.82 Å². The third-order valence-corrected chi connectivity index (χ3v) is 5.62. The number of pyridine rings is 1. The third-order valence-electron chi connectivity index (χ3n) is 3.91. The normalized spacial score (nSPS) is 12.0. The van der Waals surface area contributed by atoms with Crippen molar-refractivity contribution in [3.63, 3.8) is 0 Å². The summed E-state index contributed by atoms with van der Waals surface area (Å²) in [6, 6.07) is 7.09. The van der Waals surface area contributed by atoms with Crippen molar-refractivity contribution in [2.45, 2.75) is 32.4 Å². The molecule has 0 aliphatic rings. The van der Waals surface area contributed by atoms with Gasteiger partial charge in [0.15, 0.2) is 0 Å². The van der Waals surface area contributed by atoms with Crippen LogP contribution < -0.4 is 5.73 Å². The zero-order chi connectivity index (χ0) is 17.2. The Bertz CT molecular complexity index is 826. The second-order valence-electron chi connectivity index (χ2n) is 7.04. The molecule has 0 bridgehead atoms. The van der Waals surface area contributed by atoms with Gasteiger partial charge in [-0.25, -0.2) is 9.97 Å². The van der Waals surface area contributed by atoms with Crippen molar-refractivity contribution in [2.24, 2.45) is 0 Å². The molecule has 2 N–H and O–H groups in total. The van der Waals surface area contributed by atoms with Crippen LogP contribution in [0.25, 0.3) is 22.3 Å². The lowest BCUT2D eigenvalue weighted by Gasteiger charge is -2.16. The van der Waals surface area contributed by atoms with E-state index in [4.69, 9.17) is 10.5 Å². The highest BCUT2D eigenvalue weighted by atomic mass is 28.3. The van der Waals surface area contributed by atoms with Gasteiger partial charge in [0.1, 0.15) is 24.5 Å². The smallest absolute Gasteiger partial charge is 0.147 e. The van der Waals surface area contributed by atoms with Crippen molar-refractivity contribution in [1.29, 1.82) is 0 Å². The molecule has 3 aromatic rings. The van der Waals surface area contributed by atoms with Crippen LogP contribution in [0.15, 0.2) is 36.9 Å². The highest BCUT2D eigenvalue weighted by Gasteiger charge is 2.16. The molecule has 6 nitrogen and oxygen atoms in total. The maximum Gasteiger partial charge on any atom is 0.147 e. The average Bonchev–Trinajstić information content (AvgIpc) is 2.92. The Hall–Kier alpha value is -2.25. The van der Waals surface area contributed by atoms with Crippen molar-refractivity contribution in [2.75, 3.05) is 12.3 Å². The van der Waals surface area contributed by atoms with Gasteiger partial charge in [-0.3, -0.25) is 4.98 Å². The number of ether oxygens (including phenoxy) is 1. The van der Waals surface area contributed by atoms with Gasteiger partial charge in [0, 0.05) is 32.6 Å². The number of aromatic nitrogens is 4. The van der Waals surface area contributed by atoms with Gasteiger partial charge >= 0.3 is 0 Å². The number of nitrogens with two attached hydrogens (primary N) is 1. The standard InChI is InChI=1S/C17H23N5OSi/c1-24(2,3)9-8-23-12-22-15(13-4-6-19-7-5-13)10-14-16(18)20-11-21-17(14)22/h4-7,10-11H,8-9,12H2,1-3H3,(H2,18,20,21). The van der Waals surface area contributed by atoms with Gasteiger partial charge in [-0.15, -0.1) is 0 Å². The minimum Gasteiger partial charge on any atom is -0.383 e. The van der Waals surface area contributed by atoms with Crippen molar-refractivity contribution in [3.05, 3.63) is 36.9 Å². The molecule has 0 radical (unpaired) electrons. The van der Waals surface area contributed by atoms with E-state index in [2.05, 4.69) is 34.6 Å². The molecular formula is C17H23N5OSi. The highest BCUT2D eigenvalue weighted by molar-refractivity contribution is 6.76. The maximum atomic E-state index is 6.02. The topological polar surface area (TPSA) is 78.9 Å². The van der Waals surface area contributed by atoms with Crippen molar-refractivity contribution in [3.8, 4) is 11.3 Å². The van der Waals surface area contributed by atoms with Gasteiger partial charge in [-0.1, -0.05) is 19.6 Å². The van der Waals surface area contributed by atoms with E-state index in [9.17, 15) is 0 Å². The first-order valence-corrected chi connectivity index (χ1v) is 11.7. The molecule has 0 unspecified atom stereocenters. The molecule has 0 aliphatic carbocycles. The largest absolute Gasteiger partial charge is 0.383 e. The average molecular weight is 341 g/mol. The molecule has 0 aromatic carbocycles. The number of nitrogens with zero attached hydrogens (tertiary/aromatic N) is 4. The fourth-order valence-electron chi connectivity index (χ4n) is 2.51. The van der Waals surface area contributed by atoms with Gasteiger partial charge in [0.05, 0.1) is 11.1 Å². The Morgan fingerprint density at radius 1 is 1.17 bits per heavy atom. The summed E-state index contributed by atoms with van der Waals surface area (Å²) < 4.78 is 7.99. The molecular weight excluding hydrogens is 318 g/mol. The first-order valence-electron chi connectivity index (χ1n) is 8.03. The molecule has 3 heterocycles. The zero-order valence-corrected chi connectivity index (χ0v) is 15.4. The van der Waals surface area contributed by atoms with E-state index < -0.39 is 8.07 Å². The van der Waals surface area contributed by atoms with E-state index in [0.29, 0.717) is 12.5 Å². The first kappa shape index (κ1) is 16.6. The fourth-order valence-corrected chi connectivity index (χ4v) is 3.27. The lowest BCUT2D eigenvalue weighted by molar-refractivity contribution is 0.0909. The number of anilines is 1. The summed E-state index contributed by atoms with van der Waals surface area (Å²) in [5.74, 6) is 0.483.